The molecule has 39 heavy (non-hydrogen) atoms. The van der Waals surface area contributed by atoms with E-state index in [0.717, 1.165) is 4.31 Å². The third-order valence-electron chi connectivity index (χ3n) is 5.93. The largest absolute Gasteiger partial charge is 0.354 e. The zero-order valence-electron chi connectivity index (χ0n) is 21.8. The Balaban J connectivity index is 2.01. The number of carbonyl (C=O) groups excluding carboxylic acids is 2. The van der Waals surface area contributed by atoms with E-state index in [1.165, 1.54) is 29.2 Å². The van der Waals surface area contributed by atoms with Crippen LogP contribution in [-0.4, -0.2) is 44.3 Å². The van der Waals surface area contributed by atoms with Crippen molar-refractivity contribution in [3.05, 3.63) is 93.4 Å². The molecule has 2 amide bonds. The van der Waals surface area contributed by atoms with E-state index < -0.39 is 28.5 Å². The molecule has 1 unspecified atom stereocenters. The van der Waals surface area contributed by atoms with Crippen molar-refractivity contribution in [2.24, 2.45) is 5.92 Å². The number of anilines is 1. The highest BCUT2D eigenvalue weighted by molar-refractivity contribution is 7.92. The molecular formula is C28H30Cl3N3O4S. The molecule has 0 radical (unpaired) electrons. The second kappa shape index (κ2) is 13.5. The van der Waals surface area contributed by atoms with E-state index in [0.29, 0.717) is 27.2 Å². The molecule has 0 heterocycles. The molecule has 0 aliphatic rings. The molecule has 3 aromatic carbocycles. The molecule has 0 aliphatic carbocycles. The highest BCUT2D eigenvalue weighted by atomic mass is 35.5. The summed E-state index contributed by atoms with van der Waals surface area (Å²) in [5, 5.41) is 4.00. The molecule has 0 saturated carbocycles. The van der Waals surface area contributed by atoms with Gasteiger partial charge in [-0.3, -0.25) is 13.9 Å². The van der Waals surface area contributed by atoms with Gasteiger partial charge in [0.1, 0.15) is 12.6 Å². The number of halogens is 3. The van der Waals surface area contributed by atoms with Crippen LogP contribution in [0.3, 0.4) is 0 Å². The quantitative estimate of drug-likeness (QED) is 0.287. The van der Waals surface area contributed by atoms with Gasteiger partial charge in [0.15, 0.2) is 0 Å². The van der Waals surface area contributed by atoms with Gasteiger partial charge >= 0.3 is 0 Å². The van der Waals surface area contributed by atoms with Crippen molar-refractivity contribution >= 4 is 62.3 Å². The first kappa shape index (κ1) is 30.8. The number of hydrogen-bond donors (Lipinski definition) is 1. The van der Waals surface area contributed by atoms with E-state index in [-0.39, 0.29) is 29.0 Å². The van der Waals surface area contributed by atoms with Crippen LogP contribution in [0.15, 0.2) is 77.7 Å². The van der Waals surface area contributed by atoms with Crippen molar-refractivity contribution in [1.29, 1.82) is 0 Å². The van der Waals surface area contributed by atoms with Gasteiger partial charge in [0.05, 0.1) is 10.6 Å². The molecule has 3 aromatic rings. The van der Waals surface area contributed by atoms with Gasteiger partial charge in [-0.05, 0) is 66.9 Å². The van der Waals surface area contributed by atoms with Crippen molar-refractivity contribution in [2.75, 3.05) is 17.4 Å². The maximum Gasteiger partial charge on any atom is 0.264 e. The first-order valence-corrected chi connectivity index (χ1v) is 14.8. The summed E-state index contributed by atoms with van der Waals surface area (Å²) < 4.78 is 28.4. The lowest BCUT2D eigenvalue weighted by Crippen LogP contribution is -2.51. The summed E-state index contributed by atoms with van der Waals surface area (Å²) in [4.78, 5) is 28.2. The van der Waals surface area contributed by atoms with Crippen LogP contribution >= 0.6 is 34.8 Å². The lowest BCUT2D eigenvalue weighted by Gasteiger charge is -2.32. The topological polar surface area (TPSA) is 86.8 Å². The normalized spacial score (nSPS) is 12.2. The van der Waals surface area contributed by atoms with Crippen LogP contribution in [0.4, 0.5) is 5.69 Å². The Morgan fingerprint density at radius 3 is 2.08 bits per heavy atom. The number of sulfonamides is 1. The van der Waals surface area contributed by atoms with Crippen LogP contribution in [-0.2, 0) is 26.2 Å². The molecule has 7 nitrogen and oxygen atoms in total. The zero-order chi connectivity index (χ0) is 28.7. The molecule has 208 valence electrons. The van der Waals surface area contributed by atoms with Crippen LogP contribution in [0.5, 0.6) is 0 Å². The number of nitrogens with one attached hydrogen (secondary N) is 1. The summed E-state index contributed by atoms with van der Waals surface area (Å²) in [6, 6.07) is 17.9. The van der Waals surface area contributed by atoms with Crippen molar-refractivity contribution in [3.8, 4) is 0 Å². The number of hydrogen-bond acceptors (Lipinski definition) is 4. The van der Waals surface area contributed by atoms with Crippen molar-refractivity contribution < 1.29 is 18.0 Å². The maximum atomic E-state index is 13.9. The Hall–Kier alpha value is -2.78. The summed E-state index contributed by atoms with van der Waals surface area (Å²) in [5.74, 6) is -0.763. The molecule has 11 heteroatoms. The minimum absolute atomic E-state index is 0.0165. The lowest BCUT2D eigenvalue weighted by molar-refractivity contribution is -0.139. The molecule has 0 saturated heterocycles. The first-order chi connectivity index (χ1) is 18.4. The molecule has 0 fully saturated rings. The van der Waals surface area contributed by atoms with Gasteiger partial charge in [-0.15, -0.1) is 0 Å². The van der Waals surface area contributed by atoms with Gasteiger partial charge in [-0.1, -0.05) is 72.9 Å². The Morgan fingerprint density at radius 1 is 0.872 bits per heavy atom. The molecule has 0 spiro atoms. The number of nitrogens with zero attached hydrogens (tertiary/aromatic N) is 2. The summed E-state index contributed by atoms with van der Waals surface area (Å²) in [7, 11) is -4.15. The fraction of sp³-hybridized carbons (Fsp3) is 0.286. The predicted molar refractivity (Wildman–Crippen MR) is 157 cm³/mol. The number of carbonyl (C=O) groups is 2. The predicted octanol–water partition coefficient (Wildman–Crippen LogP) is 6.03. The van der Waals surface area contributed by atoms with E-state index in [4.69, 9.17) is 34.8 Å². The molecule has 3 rings (SSSR count). The monoisotopic (exact) mass is 609 g/mol. The third kappa shape index (κ3) is 8.11. The van der Waals surface area contributed by atoms with Gasteiger partial charge in [-0.2, -0.15) is 0 Å². The smallest absolute Gasteiger partial charge is 0.264 e. The average molecular weight is 611 g/mol. The van der Waals surface area contributed by atoms with E-state index in [9.17, 15) is 18.0 Å². The van der Waals surface area contributed by atoms with Crippen molar-refractivity contribution in [3.63, 3.8) is 0 Å². The minimum atomic E-state index is -4.15. The molecule has 0 bridgehead atoms. The Morgan fingerprint density at radius 2 is 1.49 bits per heavy atom. The Bertz CT molecular complexity index is 1400. The number of benzene rings is 3. The maximum absolute atomic E-state index is 13.9. The fourth-order valence-electron chi connectivity index (χ4n) is 3.72. The van der Waals surface area contributed by atoms with Crippen LogP contribution in [0.1, 0.15) is 26.3 Å². The van der Waals surface area contributed by atoms with Crippen LogP contribution in [0.25, 0.3) is 0 Å². The molecule has 0 aromatic heterocycles. The van der Waals surface area contributed by atoms with Crippen LogP contribution < -0.4 is 9.62 Å². The van der Waals surface area contributed by atoms with Gasteiger partial charge < -0.3 is 10.2 Å². The minimum Gasteiger partial charge on any atom is -0.354 e. The summed E-state index contributed by atoms with van der Waals surface area (Å²) in [5.41, 5.74) is 0.805. The molecular weight excluding hydrogens is 581 g/mol. The fourth-order valence-corrected chi connectivity index (χ4v) is 5.75. The van der Waals surface area contributed by atoms with Gasteiger partial charge in [-0.25, -0.2) is 8.42 Å². The average Bonchev–Trinajstić information content (AvgIpc) is 2.90. The summed E-state index contributed by atoms with van der Waals surface area (Å²) in [6.45, 7) is 5.33. The Labute approximate surface area is 244 Å². The SMILES string of the molecule is CC(C)CNC(=O)C(C)N(Cc1ccc(Cl)cc1Cl)C(=O)CN(c1ccc(Cl)cc1)S(=O)(=O)c1ccccc1. The third-order valence-corrected chi connectivity index (χ3v) is 8.56. The van der Waals surface area contributed by atoms with E-state index in [1.807, 2.05) is 13.8 Å². The first-order valence-electron chi connectivity index (χ1n) is 12.2. The van der Waals surface area contributed by atoms with Gasteiger partial charge in [0.25, 0.3) is 10.0 Å². The van der Waals surface area contributed by atoms with Crippen LogP contribution in [0.2, 0.25) is 15.1 Å². The zero-order valence-corrected chi connectivity index (χ0v) is 24.9. The van der Waals surface area contributed by atoms with E-state index in [2.05, 4.69) is 5.32 Å². The van der Waals surface area contributed by atoms with Crippen LogP contribution in [0, 0.1) is 5.92 Å². The Kier molecular flexibility index (Phi) is 10.7. The molecule has 1 atom stereocenters. The highest BCUT2D eigenvalue weighted by Crippen LogP contribution is 2.27. The number of amides is 2. The highest BCUT2D eigenvalue weighted by Gasteiger charge is 2.32. The van der Waals surface area contributed by atoms with Crippen molar-refractivity contribution in [1.82, 2.24) is 10.2 Å². The van der Waals surface area contributed by atoms with Gasteiger partial charge in [0, 0.05) is 28.2 Å². The number of rotatable bonds is 11. The standard InChI is InChI=1S/C28H30Cl3N3O4S/c1-19(2)16-32-28(36)20(3)33(17-21-9-10-23(30)15-26(21)31)27(35)18-34(24-13-11-22(29)12-14-24)39(37,38)25-7-5-4-6-8-25/h4-15,19-20H,16-18H2,1-3H3,(H,32,36). The van der Waals surface area contributed by atoms with Crippen molar-refractivity contribution in [2.45, 2.75) is 38.3 Å². The lowest BCUT2D eigenvalue weighted by atomic mass is 10.1. The van der Waals surface area contributed by atoms with E-state index >= 15 is 0 Å². The van der Waals surface area contributed by atoms with E-state index in [1.54, 1.807) is 55.5 Å². The molecule has 1 N–H and O–H groups in total. The summed E-state index contributed by atoms with van der Waals surface area (Å²) in [6.07, 6.45) is 0. The summed E-state index contributed by atoms with van der Waals surface area (Å²) >= 11 is 18.5. The van der Waals surface area contributed by atoms with Gasteiger partial charge in [0.2, 0.25) is 11.8 Å². The second-order valence-electron chi connectivity index (χ2n) is 9.37. The molecule has 0 aliphatic heterocycles. The second-order valence-corrected chi connectivity index (χ2v) is 12.5.